The standard InChI is InChI=1S/C17H21BrFNO/c1-16(2)7-12-8-17(3,9-16)10-20(12)15(21)13-6-11(18)4-5-14(13)19/h4-6,12H,7-10H2,1-3H3. The zero-order chi connectivity index (χ0) is 15.4. The van der Waals surface area contributed by atoms with Crippen LogP contribution in [-0.4, -0.2) is 23.4 Å². The summed E-state index contributed by atoms with van der Waals surface area (Å²) in [5, 5.41) is 0. The summed E-state index contributed by atoms with van der Waals surface area (Å²) in [7, 11) is 0. The molecule has 114 valence electrons. The summed E-state index contributed by atoms with van der Waals surface area (Å²) in [6, 6.07) is 4.81. The van der Waals surface area contributed by atoms with Crippen molar-refractivity contribution in [1.29, 1.82) is 0 Å². The molecule has 2 aliphatic rings. The second-order valence-corrected chi connectivity index (χ2v) is 8.69. The minimum absolute atomic E-state index is 0.166. The van der Waals surface area contributed by atoms with Gasteiger partial charge in [-0.05, 0) is 48.3 Å². The van der Waals surface area contributed by atoms with Gasteiger partial charge in [-0.1, -0.05) is 36.7 Å². The molecular formula is C17H21BrFNO. The molecule has 2 atom stereocenters. The van der Waals surface area contributed by atoms with Crippen LogP contribution in [0.4, 0.5) is 4.39 Å². The van der Waals surface area contributed by atoms with Gasteiger partial charge < -0.3 is 4.90 Å². The number of fused-ring (bicyclic) bond motifs is 2. The van der Waals surface area contributed by atoms with E-state index < -0.39 is 5.82 Å². The molecule has 1 aromatic rings. The molecule has 2 nitrogen and oxygen atoms in total. The lowest BCUT2D eigenvalue weighted by Crippen LogP contribution is -2.38. The van der Waals surface area contributed by atoms with Gasteiger partial charge in [0.15, 0.2) is 0 Å². The van der Waals surface area contributed by atoms with Crippen LogP contribution in [0.25, 0.3) is 0 Å². The Morgan fingerprint density at radius 1 is 1.33 bits per heavy atom. The van der Waals surface area contributed by atoms with E-state index in [-0.39, 0.29) is 28.3 Å². The number of hydrogen-bond donors (Lipinski definition) is 0. The minimum Gasteiger partial charge on any atom is -0.335 e. The maximum atomic E-state index is 14.0. The Bertz CT molecular complexity index is 600. The first-order valence-electron chi connectivity index (χ1n) is 7.45. The molecule has 3 rings (SSSR count). The summed E-state index contributed by atoms with van der Waals surface area (Å²) in [5.74, 6) is -0.603. The van der Waals surface area contributed by atoms with Crippen molar-refractivity contribution < 1.29 is 9.18 Å². The summed E-state index contributed by atoms with van der Waals surface area (Å²) in [4.78, 5) is 14.7. The first-order valence-corrected chi connectivity index (χ1v) is 8.25. The molecule has 2 fully saturated rings. The number of benzene rings is 1. The molecule has 4 heteroatoms. The van der Waals surface area contributed by atoms with Crippen molar-refractivity contribution in [2.45, 2.75) is 46.1 Å². The van der Waals surface area contributed by atoms with Crippen LogP contribution in [-0.2, 0) is 0 Å². The van der Waals surface area contributed by atoms with Gasteiger partial charge in [0, 0.05) is 17.1 Å². The maximum absolute atomic E-state index is 14.0. The molecule has 2 bridgehead atoms. The molecule has 0 radical (unpaired) electrons. The Kier molecular flexibility index (Phi) is 3.43. The molecule has 0 spiro atoms. The highest BCUT2D eigenvalue weighted by molar-refractivity contribution is 9.10. The van der Waals surface area contributed by atoms with Gasteiger partial charge >= 0.3 is 0 Å². The van der Waals surface area contributed by atoms with Crippen molar-refractivity contribution in [3.8, 4) is 0 Å². The molecular weight excluding hydrogens is 333 g/mol. The number of likely N-dealkylation sites (tertiary alicyclic amines) is 1. The van der Waals surface area contributed by atoms with Gasteiger partial charge in [-0.15, -0.1) is 0 Å². The Morgan fingerprint density at radius 2 is 2.05 bits per heavy atom. The SMILES string of the molecule is CC1(C)CC2CC(C)(CN2C(=O)c2cc(Br)ccc2F)C1. The number of hydrogen-bond acceptors (Lipinski definition) is 1. The number of nitrogens with zero attached hydrogens (tertiary/aromatic N) is 1. The molecule has 1 heterocycles. The van der Waals surface area contributed by atoms with Crippen LogP contribution < -0.4 is 0 Å². The smallest absolute Gasteiger partial charge is 0.257 e. The summed E-state index contributed by atoms with van der Waals surface area (Å²) in [6.45, 7) is 7.54. The van der Waals surface area contributed by atoms with Crippen LogP contribution in [0.1, 0.15) is 50.4 Å². The van der Waals surface area contributed by atoms with E-state index in [2.05, 4.69) is 36.7 Å². The normalized spacial score (nSPS) is 30.5. The molecule has 1 aromatic carbocycles. The largest absolute Gasteiger partial charge is 0.335 e. The first-order chi connectivity index (χ1) is 9.69. The third kappa shape index (κ3) is 2.75. The lowest BCUT2D eigenvalue weighted by Gasteiger charge is -2.39. The third-order valence-electron chi connectivity index (χ3n) is 4.83. The predicted octanol–water partition coefficient (Wildman–Crippen LogP) is 4.63. The molecule has 21 heavy (non-hydrogen) atoms. The van der Waals surface area contributed by atoms with E-state index in [0.717, 1.165) is 30.3 Å². The molecule has 1 amide bonds. The summed E-state index contributed by atoms with van der Waals surface area (Å²) in [5.41, 5.74) is 0.603. The van der Waals surface area contributed by atoms with Gasteiger partial charge in [0.1, 0.15) is 5.82 Å². The third-order valence-corrected chi connectivity index (χ3v) is 5.33. The fraction of sp³-hybridized carbons (Fsp3) is 0.588. The van der Waals surface area contributed by atoms with E-state index in [1.807, 2.05) is 4.90 Å². The molecule has 0 aromatic heterocycles. The fourth-order valence-electron chi connectivity index (χ4n) is 4.51. The topological polar surface area (TPSA) is 20.3 Å². The van der Waals surface area contributed by atoms with Gasteiger partial charge in [0.05, 0.1) is 5.56 Å². The minimum atomic E-state index is -0.436. The average molecular weight is 354 g/mol. The highest BCUT2D eigenvalue weighted by Crippen LogP contribution is 2.52. The first kappa shape index (κ1) is 15.0. The second kappa shape index (κ2) is 4.80. The number of rotatable bonds is 1. The molecule has 2 unspecified atom stereocenters. The van der Waals surface area contributed by atoms with E-state index in [0.29, 0.717) is 0 Å². The quantitative estimate of drug-likeness (QED) is 0.720. The predicted molar refractivity (Wildman–Crippen MR) is 84.7 cm³/mol. The number of carbonyl (C=O) groups is 1. The van der Waals surface area contributed by atoms with Crippen molar-refractivity contribution in [2.75, 3.05) is 6.54 Å². The van der Waals surface area contributed by atoms with Crippen LogP contribution >= 0.6 is 15.9 Å². The van der Waals surface area contributed by atoms with Crippen LogP contribution in [0.2, 0.25) is 0 Å². The summed E-state index contributed by atoms with van der Waals surface area (Å²) < 4.78 is 14.7. The monoisotopic (exact) mass is 353 g/mol. The van der Waals surface area contributed by atoms with Crippen LogP contribution in [0.15, 0.2) is 22.7 Å². The lowest BCUT2D eigenvalue weighted by molar-refractivity contribution is 0.0703. The lowest BCUT2D eigenvalue weighted by atomic mass is 9.65. The van der Waals surface area contributed by atoms with Crippen LogP contribution in [0.5, 0.6) is 0 Å². The van der Waals surface area contributed by atoms with Crippen molar-refractivity contribution in [3.05, 3.63) is 34.1 Å². The van der Waals surface area contributed by atoms with Gasteiger partial charge in [0.25, 0.3) is 5.91 Å². The molecule has 1 aliphatic carbocycles. The number of carbonyl (C=O) groups excluding carboxylic acids is 1. The van der Waals surface area contributed by atoms with E-state index in [1.54, 1.807) is 12.1 Å². The van der Waals surface area contributed by atoms with E-state index >= 15 is 0 Å². The Morgan fingerprint density at radius 3 is 2.76 bits per heavy atom. The summed E-state index contributed by atoms with van der Waals surface area (Å²) >= 11 is 3.32. The zero-order valence-corrected chi connectivity index (χ0v) is 14.3. The van der Waals surface area contributed by atoms with E-state index in [9.17, 15) is 9.18 Å². The molecule has 1 saturated carbocycles. The van der Waals surface area contributed by atoms with Crippen molar-refractivity contribution >= 4 is 21.8 Å². The zero-order valence-electron chi connectivity index (χ0n) is 12.7. The van der Waals surface area contributed by atoms with Crippen LogP contribution in [0, 0.1) is 16.6 Å². The van der Waals surface area contributed by atoms with Crippen LogP contribution in [0.3, 0.4) is 0 Å². The Balaban J connectivity index is 1.91. The molecule has 0 N–H and O–H groups in total. The fourth-order valence-corrected chi connectivity index (χ4v) is 4.87. The highest BCUT2D eigenvalue weighted by Gasteiger charge is 2.51. The Labute approximate surface area is 133 Å². The Hall–Kier alpha value is -0.900. The number of amides is 1. The molecule has 1 aliphatic heterocycles. The second-order valence-electron chi connectivity index (χ2n) is 7.77. The average Bonchev–Trinajstić information content (AvgIpc) is 2.61. The van der Waals surface area contributed by atoms with E-state index in [4.69, 9.17) is 0 Å². The van der Waals surface area contributed by atoms with Crippen molar-refractivity contribution in [1.82, 2.24) is 4.90 Å². The van der Waals surface area contributed by atoms with Gasteiger partial charge in [-0.3, -0.25) is 4.79 Å². The maximum Gasteiger partial charge on any atom is 0.257 e. The number of halogens is 2. The van der Waals surface area contributed by atoms with E-state index in [1.165, 1.54) is 6.07 Å². The van der Waals surface area contributed by atoms with Gasteiger partial charge in [-0.25, -0.2) is 4.39 Å². The van der Waals surface area contributed by atoms with Crippen molar-refractivity contribution in [3.63, 3.8) is 0 Å². The summed E-state index contributed by atoms with van der Waals surface area (Å²) in [6.07, 6.45) is 3.17. The van der Waals surface area contributed by atoms with Gasteiger partial charge in [0.2, 0.25) is 0 Å². The van der Waals surface area contributed by atoms with Crippen molar-refractivity contribution in [2.24, 2.45) is 10.8 Å². The van der Waals surface area contributed by atoms with Gasteiger partial charge in [-0.2, -0.15) is 0 Å². The molecule has 1 saturated heterocycles. The highest BCUT2D eigenvalue weighted by atomic mass is 79.9.